The number of nitrogens with zero attached hydrogens (tertiary/aromatic N) is 1. The van der Waals surface area contributed by atoms with Gasteiger partial charge in [-0.2, -0.15) is 5.10 Å². The van der Waals surface area contributed by atoms with Crippen LogP contribution in [0.3, 0.4) is 0 Å². The van der Waals surface area contributed by atoms with Crippen molar-refractivity contribution in [2.75, 3.05) is 11.9 Å². The van der Waals surface area contributed by atoms with Crippen molar-refractivity contribution < 1.29 is 19.1 Å². The van der Waals surface area contributed by atoms with E-state index in [1.165, 1.54) is 6.21 Å². The SMILES string of the molecule is CCOc1cc(C=NNC(=O)CC(=O)Nc2ccc(Cl)cc2)cc(I)c1OCc1ccc(Cl)cc1Cl. The van der Waals surface area contributed by atoms with E-state index in [2.05, 4.69) is 38.4 Å². The predicted molar refractivity (Wildman–Crippen MR) is 152 cm³/mol. The van der Waals surface area contributed by atoms with Crippen molar-refractivity contribution in [2.45, 2.75) is 20.0 Å². The van der Waals surface area contributed by atoms with E-state index in [0.717, 1.165) is 9.13 Å². The van der Waals surface area contributed by atoms with Gasteiger partial charge in [0.15, 0.2) is 11.5 Å². The Morgan fingerprint density at radius 2 is 1.69 bits per heavy atom. The molecule has 11 heteroatoms. The maximum atomic E-state index is 12.1. The lowest BCUT2D eigenvalue weighted by Crippen LogP contribution is -2.24. The number of hydrazone groups is 1. The third-order valence-corrected chi connectivity index (χ3v) is 6.21. The van der Waals surface area contributed by atoms with Crippen molar-refractivity contribution in [3.05, 3.63) is 84.4 Å². The third-order valence-electron chi connectivity index (χ3n) is 4.57. The number of hydrogen-bond acceptors (Lipinski definition) is 5. The first-order valence-corrected chi connectivity index (χ1v) is 12.9. The van der Waals surface area contributed by atoms with Gasteiger partial charge in [-0.25, -0.2) is 5.43 Å². The molecule has 0 heterocycles. The van der Waals surface area contributed by atoms with Gasteiger partial charge in [0.25, 0.3) is 0 Å². The highest BCUT2D eigenvalue weighted by atomic mass is 127. The lowest BCUT2D eigenvalue weighted by Gasteiger charge is -2.15. The van der Waals surface area contributed by atoms with Gasteiger partial charge in [-0.15, -0.1) is 0 Å². The van der Waals surface area contributed by atoms with Gasteiger partial charge in [0.2, 0.25) is 11.8 Å². The summed E-state index contributed by atoms with van der Waals surface area (Å²) in [6.07, 6.45) is 1.07. The van der Waals surface area contributed by atoms with E-state index in [-0.39, 0.29) is 13.0 Å². The minimum absolute atomic E-state index is 0.230. The van der Waals surface area contributed by atoms with E-state index in [4.69, 9.17) is 44.3 Å². The third kappa shape index (κ3) is 8.55. The molecule has 3 aromatic carbocycles. The normalized spacial score (nSPS) is 10.8. The molecule has 2 amide bonds. The molecule has 0 saturated carbocycles. The predicted octanol–water partition coefficient (Wildman–Crippen LogP) is 6.71. The van der Waals surface area contributed by atoms with Crippen LogP contribution >= 0.6 is 57.4 Å². The van der Waals surface area contributed by atoms with Crippen LogP contribution in [0.15, 0.2) is 59.7 Å². The minimum Gasteiger partial charge on any atom is -0.490 e. The van der Waals surface area contributed by atoms with Crippen molar-refractivity contribution in [3.63, 3.8) is 0 Å². The van der Waals surface area contributed by atoms with Crippen molar-refractivity contribution in [3.8, 4) is 11.5 Å². The van der Waals surface area contributed by atoms with Crippen LogP contribution in [0.2, 0.25) is 15.1 Å². The molecule has 0 radical (unpaired) electrons. The molecule has 0 fully saturated rings. The largest absolute Gasteiger partial charge is 0.490 e. The number of carbonyl (C=O) groups is 2. The quantitative estimate of drug-likeness (QED) is 0.110. The van der Waals surface area contributed by atoms with Gasteiger partial charge in [0, 0.05) is 26.3 Å². The molecule has 36 heavy (non-hydrogen) atoms. The summed E-state index contributed by atoms with van der Waals surface area (Å²) in [7, 11) is 0. The van der Waals surface area contributed by atoms with Crippen molar-refractivity contribution >= 4 is 81.1 Å². The van der Waals surface area contributed by atoms with Gasteiger partial charge in [-0.05, 0) is 83.6 Å². The second-order valence-electron chi connectivity index (χ2n) is 7.31. The summed E-state index contributed by atoms with van der Waals surface area (Å²) in [5, 5.41) is 8.17. The maximum absolute atomic E-state index is 12.1. The molecule has 3 aromatic rings. The Bertz CT molecular complexity index is 1270. The number of halogens is 4. The molecule has 7 nitrogen and oxygen atoms in total. The Morgan fingerprint density at radius 1 is 0.972 bits per heavy atom. The number of benzene rings is 3. The molecule has 0 aromatic heterocycles. The van der Waals surface area contributed by atoms with E-state index in [0.29, 0.717) is 44.4 Å². The van der Waals surface area contributed by atoms with Gasteiger partial charge in [0.1, 0.15) is 13.0 Å². The van der Waals surface area contributed by atoms with Crippen LogP contribution in [0.5, 0.6) is 11.5 Å². The first kappa shape index (κ1) is 28.0. The van der Waals surface area contributed by atoms with Gasteiger partial charge < -0.3 is 14.8 Å². The fourth-order valence-corrected chi connectivity index (χ4v) is 4.33. The molecule has 0 bridgehead atoms. The average molecular weight is 661 g/mol. The van der Waals surface area contributed by atoms with Crippen LogP contribution in [-0.2, 0) is 16.2 Å². The molecule has 0 saturated heterocycles. The Labute approximate surface area is 237 Å². The summed E-state index contributed by atoms with van der Waals surface area (Å²) in [6, 6.07) is 15.3. The molecule has 0 aliphatic heterocycles. The Kier molecular flexibility index (Phi) is 10.7. The summed E-state index contributed by atoms with van der Waals surface area (Å²) in [5.74, 6) is 0.0471. The molecular weight excluding hydrogens is 640 g/mol. The molecule has 3 rings (SSSR count). The number of anilines is 1. The van der Waals surface area contributed by atoms with Gasteiger partial charge in [0.05, 0.1) is 16.4 Å². The smallest absolute Gasteiger partial charge is 0.249 e. The second-order valence-corrected chi connectivity index (χ2v) is 9.75. The van der Waals surface area contributed by atoms with E-state index in [1.54, 1.807) is 48.5 Å². The molecule has 2 N–H and O–H groups in total. The topological polar surface area (TPSA) is 89.0 Å². The number of rotatable bonds is 10. The molecule has 188 valence electrons. The van der Waals surface area contributed by atoms with E-state index >= 15 is 0 Å². The fourth-order valence-electron chi connectivity index (χ4n) is 2.96. The van der Waals surface area contributed by atoms with E-state index in [1.807, 2.05) is 13.0 Å². The van der Waals surface area contributed by atoms with Gasteiger partial charge in [-0.3, -0.25) is 9.59 Å². The first-order valence-electron chi connectivity index (χ1n) is 10.7. The average Bonchev–Trinajstić information content (AvgIpc) is 2.81. The zero-order valence-electron chi connectivity index (χ0n) is 19.0. The lowest BCUT2D eigenvalue weighted by atomic mass is 10.2. The molecule has 0 unspecified atom stereocenters. The highest BCUT2D eigenvalue weighted by Crippen LogP contribution is 2.35. The zero-order chi connectivity index (χ0) is 26.1. The number of nitrogens with one attached hydrogen (secondary N) is 2. The highest BCUT2D eigenvalue weighted by molar-refractivity contribution is 14.1. The summed E-state index contributed by atoms with van der Waals surface area (Å²) >= 11 is 20.2. The number of amides is 2. The van der Waals surface area contributed by atoms with Crippen LogP contribution in [0.1, 0.15) is 24.5 Å². The Hall–Kier alpha value is -2.53. The van der Waals surface area contributed by atoms with Crippen LogP contribution in [-0.4, -0.2) is 24.6 Å². The number of hydrogen-bond donors (Lipinski definition) is 2. The maximum Gasteiger partial charge on any atom is 0.249 e. The zero-order valence-corrected chi connectivity index (χ0v) is 23.4. The molecule has 0 atom stereocenters. The number of carbonyl (C=O) groups excluding carboxylic acids is 2. The van der Waals surface area contributed by atoms with Crippen LogP contribution in [0.25, 0.3) is 0 Å². The monoisotopic (exact) mass is 659 g/mol. The fraction of sp³-hybridized carbons (Fsp3) is 0.160. The highest BCUT2D eigenvalue weighted by Gasteiger charge is 2.14. The van der Waals surface area contributed by atoms with Gasteiger partial charge in [-0.1, -0.05) is 40.9 Å². The standard InChI is InChI=1S/C25H21Cl3IN3O4/c1-2-35-22-10-15(9-21(29)25(22)36-14-16-3-4-18(27)11-20(16)28)13-30-32-24(34)12-23(33)31-19-7-5-17(26)6-8-19/h3-11,13H,2,12,14H2,1H3,(H,31,33)(H,32,34). The van der Waals surface area contributed by atoms with Crippen molar-refractivity contribution in [1.82, 2.24) is 5.43 Å². The first-order chi connectivity index (χ1) is 17.2. The molecule has 0 aliphatic carbocycles. The Morgan fingerprint density at radius 3 is 2.39 bits per heavy atom. The van der Waals surface area contributed by atoms with Crippen molar-refractivity contribution in [1.29, 1.82) is 0 Å². The number of ether oxygens (including phenoxy) is 2. The van der Waals surface area contributed by atoms with Gasteiger partial charge >= 0.3 is 0 Å². The van der Waals surface area contributed by atoms with Crippen LogP contribution in [0.4, 0.5) is 5.69 Å². The van der Waals surface area contributed by atoms with Crippen molar-refractivity contribution in [2.24, 2.45) is 5.10 Å². The van der Waals surface area contributed by atoms with Crippen LogP contribution < -0.4 is 20.2 Å². The van der Waals surface area contributed by atoms with Crippen LogP contribution in [0, 0.1) is 3.57 Å². The second kappa shape index (κ2) is 13.7. The molecular formula is C25H21Cl3IN3O4. The van der Waals surface area contributed by atoms with E-state index < -0.39 is 11.8 Å². The molecule has 0 aliphatic rings. The summed E-state index contributed by atoms with van der Waals surface area (Å²) in [4.78, 5) is 24.1. The Balaban J connectivity index is 1.60. The summed E-state index contributed by atoms with van der Waals surface area (Å²) < 4.78 is 12.5. The summed E-state index contributed by atoms with van der Waals surface area (Å²) in [6.45, 7) is 2.52. The molecule has 0 spiro atoms. The van der Waals surface area contributed by atoms with E-state index in [9.17, 15) is 9.59 Å². The summed E-state index contributed by atoms with van der Waals surface area (Å²) in [5.41, 5.74) is 4.35. The minimum atomic E-state index is -0.558. The lowest BCUT2D eigenvalue weighted by molar-refractivity contribution is -0.126.